The van der Waals surface area contributed by atoms with E-state index in [2.05, 4.69) is 10.2 Å². The Balaban J connectivity index is 0.00000134. The zero-order valence-electron chi connectivity index (χ0n) is 22.9. The minimum Gasteiger partial charge on any atom is -0.396 e. The third-order valence-electron chi connectivity index (χ3n) is 5.24. The summed E-state index contributed by atoms with van der Waals surface area (Å²) in [6.45, 7) is 9.92. The molecule has 38 heavy (non-hydrogen) atoms. The van der Waals surface area contributed by atoms with E-state index >= 15 is 0 Å². The van der Waals surface area contributed by atoms with E-state index in [4.69, 9.17) is 15.6 Å². The van der Waals surface area contributed by atoms with Gasteiger partial charge in [-0.2, -0.15) is 0 Å². The number of hydrogen-bond acceptors (Lipinski definition) is 8. The van der Waals surface area contributed by atoms with Crippen LogP contribution in [0.2, 0.25) is 0 Å². The monoisotopic (exact) mass is 550 g/mol. The van der Waals surface area contributed by atoms with E-state index in [0.29, 0.717) is 25.3 Å². The van der Waals surface area contributed by atoms with E-state index in [1.165, 1.54) is 6.26 Å². The lowest BCUT2D eigenvalue weighted by molar-refractivity contribution is -0.131. The largest absolute Gasteiger partial charge is 0.396 e. The molecular formula is C27H42N4O6S. The van der Waals surface area contributed by atoms with Crippen LogP contribution in [0.5, 0.6) is 0 Å². The van der Waals surface area contributed by atoms with Crippen molar-refractivity contribution in [3.05, 3.63) is 54.1 Å². The summed E-state index contributed by atoms with van der Waals surface area (Å²) < 4.78 is 23.1. The number of hydrogen-bond donors (Lipinski definition) is 3. The van der Waals surface area contributed by atoms with E-state index in [1.54, 1.807) is 53.4 Å². The molecule has 0 aromatic heterocycles. The molecule has 0 spiro atoms. The van der Waals surface area contributed by atoms with Gasteiger partial charge in [0.25, 0.3) is 5.91 Å². The van der Waals surface area contributed by atoms with Crippen LogP contribution < -0.4 is 11.1 Å². The van der Waals surface area contributed by atoms with Crippen molar-refractivity contribution in [3.8, 4) is 11.1 Å². The average molecular weight is 551 g/mol. The number of nitrogens with zero attached hydrogens (tertiary/aromatic N) is 2. The molecule has 0 unspecified atom stereocenters. The van der Waals surface area contributed by atoms with Gasteiger partial charge in [0, 0.05) is 44.6 Å². The highest BCUT2D eigenvalue weighted by molar-refractivity contribution is 7.90. The van der Waals surface area contributed by atoms with Crippen LogP contribution in [0, 0.1) is 0 Å². The van der Waals surface area contributed by atoms with E-state index < -0.39 is 9.84 Å². The van der Waals surface area contributed by atoms with Crippen LogP contribution in [0.1, 0.15) is 30.6 Å². The number of likely N-dealkylation sites (N-methyl/N-ethyl adjacent to an activating group) is 1. The molecule has 0 radical (unpaired) electrons. The Hall–Kier alpha value is -3.12. The second-order valence-corrected chi connectivity index (χ2v) is 10.4. The third-order valence-corrected chi connectivity index (χ3v) is 6.37. The summed E-state index contributed by atoms with van der Waals surface area (Å²) in [6, 6.07) is 13.6. The summed E-state index contributed by atoms with van der Waals surface area (Å²) in [7, 11) is -1.21. The molecule has 212 valence electrons. The topological polar surface area (TPSA) is 150 Å². The van der Waals surface area contributed by atoms with Crippen molar-refractivity contribution in [1.82, 2.24) is 15.1 Å². The maximum Gasteiger partial charge on any atom is 0.251 e. The lowest BCUT2D eigenvalue weighted by Gasteiger charge is -2.32. The fourth-order valence-corrected chi connectivity index (χ4v) is 3.76. The van der Waals surface area contributed by atoms with Gasteiger partial charge in [0.2, 0.25) is 5.91 Å². The molecule has 0 aliphatic carbocycles. The molecule has 0 atom stereocenters. The van der Waals surface area contributed by atoms with Crippen molar-refractivity contribution in [3.63, 3.8) is 0 Å². The number of sulfone groups is 1. The van der Waals surface area contributed by atoms with Gasteiger partial charge < -0.3 is 30.8 Å². The standard InChI is InChI=1S/C21H25N3O4S.C3H8O.C2H7N.CH2O/c1-23-11-13-24(14-12-23)20(25)15-22-21(26)18-5-3-16(4-6-18)17-7-9-19(10-8-17)29(2,27)28;1-2-3-4;1-2-3;1-2/h3-10H,11-15H2,1-2H3,(H,22,26);4H,2-3H2,1H3;2-3H2,1H3;1H2. The minimum atomic E-state index is -3.23. The van der Waals surface area contributed by atoms with Gasteiger partial charge in [0.1, 0.15) is 6.79 Å². The number of benzene rings is 2. The number of aliphatic hydroxyl groups is 1. The average Bonchev–Trinajstić information content (AvgIpc) is 2.93. The van der Waals surface area contributed by atoms with Gasteiger partial charge in [0.05, 0.1) is 11.4 Å². The normalized spacial score (nSPS) is 12.9. The van der Waals surface area contributed by atoms with Gasteiger partial charge in [-0.1, -0.05) is 38.1 Å². The first-order chi connectivity index (χ1) is 18.1. The first-order valence-electron chi connectivity index (χ1n) is 12.3. The van der Waals surface area contributed by atoms with Crippen molar-refractivity contribution in [2.45, 2.75) is 25.2 Å². The molecule has 10 nitrogen and oxygen atoms in total. The van der Waals surface area contributed by atoms with Crippen LogP contribution in [0.15, 0.2) is 53.4 Å². The minimum absolute atomic E-state index is 0.0166. The SMILES string of the molecule is C=O.CCCO.CCN.CN1CCN(C(=O)CNC(=O)c2ccc(-c3ccc(S(C)(=O)=O)cc3)cc2)CC1. The molecule has 4 N–H and O–H groups in total. The predicted molar refractivity (Wildman–Crippen MR) is 151 cm³/mol. The Bertz CT molecular complexity index is 1050. The Morgan fingerprint density at radius 3 is 1.76 bits per heavy atom. The lowest BCUT2D eigenvalue weighted by Crippen LogP contribution is -2.50. The highest BCUT2D eigenvalue weighted by atomic mass is 32.2. The summed E-state index contributed by atoms with van der Waals surface area (Å²) >= 11 is 0. The smallest absolute Gasteiger partial charge is 0.251 e. The highest BCUT2D eigenvalue weighted by Gasteiger charge is 2.19. The van der Waals surface area contributed by atoms with Gasteiger partial charge in [0.15, 0.2) is 9.84 Å². The fraction of sp³-hybridized carbons (Fsp3) is 0.444. The van der Waals surface area contributed by atoms with Crippen molar-refractivity contribution in [1.29, 1.82) is 0 Å². The number of rotatable bonds is 6. The molecule has 1 saturated heterocycles. The summed E-state index contributed by atoms with van der Waals surface area (Å²) in [5.41, 5.74) is 7.04. The third kappa shape index (κ3) is 12.9. The molecule has 1 heterocycles. The molecule has 2 amide bonds. The van der Waals surface area contributed by atoms with Crippen molar-refractivity contribution in [2.24, 2.45) is 5.73 Å². The first kappa shape index (κ1) is 34.9. The summed E-state index contributed by atoms with van der Waals surface area (Å²) in [6.07, 6.45) is 2.05. The van der Waals surface area contributed by atoms with Crippen LogP contribution in [-0.4, -0.2) is 101 Å². The molecule has 0 bridgehead atoms. The van der Waals surface area contributed by atoms with E-state index in [1.807, 2.05) is 27.7 Å². The quantitative estimate of drug-likeness (QED) is 0.489. The van der Waals surface area contributed by atoms with Gasteiger partial charge in [-0.05, 0) is 55.4 Å². The van der Waals surface area contributed by atoms with Crippen molar-refractivity contribution in [2.75, 3.05) is 59.2 Å². The summed E-state index contributed by atoms with van der Waals surface area (Å²) in [5.74, 6) is -0.375. The number of nitrogens with one attached hydrogen (secondary N) is 1. The number of carbonyl (C=O) groups excluding carboxylic acids is 3. The molecule has 11 heteroatoms. The number of aliphatic hydroxyl groups excluding tert-OH is 1. The van der Waals surface area contributed by atoms with Gasteiger partial charge in [-0.15, -0.1) is 0 Å². The maximum atomic E-state index is 12.3. The second kappa shape index (κ2) is 19.0. The maximum absolute atomic E-state index is 12.3. The Morgan fingerprint density at radius 1 is 0.947 bits per heavy atom. The molecule has 1 aliphatic rings. The van der Waals surface area contributed by atoms with Crippen LogP contribution in [-0.2, 0) is 19.4 Å². The number of nitrogens with two attached hydrogens (primary N) is 1. The zero-order chi connectivity index (χ0) is 29.1. The number of carbonyl (C=O) groups is 3. The van der Waals surface area contributed by atoms with E-state index in [-0.39, 0.29) is 23.3 Å². The van der Waals surface area contributed by atoms with Gasteiger partial charge in [-0.3, -0.25) is 9.59 Å². The Morgan fingerprint density at radius 2 is 1.37 bits per heavy atom. The molecule has 2 aromatic rings. The van der Waals surface area contributed by atoms with E-state index in [9.17, 15) is 18.0 Å². The van der Waals surface area contributed by atoms with Crippen LogP contribution in [0.4, 0.5) is 0 Å². The van der Waals surface area contributed by atoms with Gasteiger partial charge in [-0.25, -0.2) is 8.42 Å². The van der Waals surface area contributed by atoms with Crippen molar-refractivity contribution < 1.29 is 27.9 Å². The molecule has 3 rings (SSSR count). The molecule has 0 saturated carbocycles. The molecule has 2 aromatic carbocycles. The van der Waals surface area contributed by atoms with Crippen LogP contribution in [0.25, 0.3) is 11.1 Å². The number of piperazine rings is 1. The van der Waals surface area contributed by atoms with Gasteiger partial charge >= 0.3 is 0 Å². The van der Waals surface area contributed by atoms with Crippen LogP contribution >= 0.6 is 0 Å². The molecule has 1 fully saturated rings. The lowest BCUT2D eigenvalue weighted by atomic mass is 10.0. The fourth-order valence-electron chi connectivity index (χ4n) is 3.13. The summed E-state index contributed by atoms with van der Waals surface area (Å²) in [5, 5.41) is 10.6. The number of amides is 2. The predicted octanol–water partition coefficient (Wildman–Crippen LogP) is 1.43. The Kier molecular flexibility index (Phi) is 17.5. The zero-order valence-corrected chi connectivity index (χ0v) is 23.7. The summed E-state index contributed by atoms with van der Waals surface area (Å²) in [4.78, 5) is 36.8. The highest BCUT2D eigenvalue weighted by Crippen LogP contribution is 2.22. The molecule has 1 aliphatic heterocycles. The van der Waals surface area contributed by atoms with Crippen LogP contribution in [0.3, 0.4) is 0 Å². The van der Waals surface area contributed by atoms with Crippen molar-refractivity contribution >= 4 is 28.4 Å². The van der Waals surface area contributed by atoms with E-state index in [0.717, 1.165) is 37.2 Å². The molecular weight excluding hydrogens is 508 g/mol. The Labute approximate surface area is 226 Å². The first-order valence-corrected chi connectivity index (χ1v) is 14.2. The second-order valence-electron chi connectivity index (χ2n) is 8.37.